The Labute approximate surface area is 224 Å². The number of aryl methyl sites for hydroxylation is 2. The summed E-state index contributed by atoms with van der Waals surface area (Å²) < 4.78 is 0. The SMILES string of the molecule is CCCCCCCc1ccc2[nH]c3cc4c(=O)c5cc(CCCCCCC)ccc5[nH]c4cc3c(=O)c2c1. The fourth-order valence-corrected chi connectivity index (χ4v) is 5.72. The van der Waals surface area contributed by atoms with Gasteiger partial charge in [0.2, 0.25) is 0 Å². The van der Waals surface area contributed by atoms with Crippen molar-refractivity contribution in [2.45, 2.75) is 90.9 Å². The second kappa shape index (κ2) is 12.0. The Kier molecular flexibility index (Phi) is 8.26. The van der Waals surface area contributed by atoms with Crippen molar-refractivity contribution in [3.8, 4) is 0 Å². The maximum absolute atomic E-state index is 13.5. The zero-order valence-electron chi connectivity index (χ0n) is 22.9. The van der Waals surface area contributed by atoms with Crippen LogP contribution in [0.2, 0.25) is 0 Å². The van der Waals surface area contributed by atoms with E-state index >= 15 is 0 Å². The Hall–Kier alpha value is -3.40. The van der Waals surface area contributed by atoms with Crippen molar-refractivity contribution in [2.75, 3.05) is 0 Å². The number of fused-ring (bicyclic) bond motifs is 4. The zero-order chi connectivity index (χ0) is 26.5. The fourth-order valence-electron chi connectivity index (χ4n) is 5.72. The Bertz CT molecular complexity index is 1570. The van der Waals surface area contributed by atoms with Crippen LogP contribution in [-0.4, -0.2) is 9.97 Å². The summed E-state index contributed by atoms with van der Waals surface area (Å²) >= 11 is 0. The summed E-state index contributed by atoms with van der Waals surface area (Å²) in [6.45, 7) is 4.46. The number of pyridine rings is 2. The molecule has 5 aromatic rings. The lowest BCUT2D eigenvalue weighted by molar-refractivity contribution is 0.632. The highest BCUT2D eigenvalue weighted by Gasteiger charge is 2.12. The average Bonchev–Trinajstić information content (AvgIpc) is 2.93. The third-order valence-electron chi connectivity index (χ3n) is 7.98. The van der Waals surface area contributed by atoms with Gasteiger partial charge < -0.3 is 9.97 Å². The molecule has 4 nitrogen and oxygen atoms in total. The first kappa shape index (κ1) is 26.2. The number of hydrogen-bond acceptors (Lipinski definition) is 2. The van der Waals surface area contributed by atoms with Crippen LogP contribution in [0.25, 0.3) is 43.6 Å². The van der Waals surface area contributed by atoms with Gasteiger partial charge in [-0.05, 0) is 73.2 Å². The van der Waals surface area contributed by atoms with Crippen LogP contribution in [0.1, 0.15) is 89.2 Å². The van der Waals surface area contributed by atoms with E-state index in [1.165, 1.54) is 62.5 Å². The van der Waals surface area contributed by atoms with E-state index in [-0.39, 0.29) is 10.9 Å². The number of benzene rings is 3. The van der Waals surface area contributed by atoms with Gasteiger partial charge >= 0.3 is 0 Å². The van der Waals surface area contributed by atoms with Gasteiger partial charge in [0.15, 0.2) is 10.9 Å². The van der Waals surface area contributed by atoms with Crippen molar-refractivity contribution in [2.24, 2.45) is 0 Å². The molecule has 5 rings (SSSR count). The van der Waals surface area contributed by atoms with E-state index in [1.54, 1.807) is 0 Å². The first-order valence-electron chi connectivity index (χ1n) is 14.7. The number of aromatic amines is 2. The summed E-state index contributed by atoms with van der Waals surface area (Å²) in [6, 6.07) is 16.1. The molecule has 0 fully saturated rings. The number of aromatic nitrogens is 2. The van der Waals surface area contributed by atoms with E-state index < -0.39 is 0 Å². The molecule has 0 amide bonds. The predicted octanol–water partition coefficient (Wildman–Crippen LogP) is 8.70. The minimum absolute atomic E-state index is 0.0165. The van der Waals surface area contributed by atoms with E-state index in [1.807, 2.05) is 36.4 Å². The first-order valence-corrected chi connectivity index (χ1v) is 14.7. The second-order valence-electron chi connectivity index (χ2n) is 10.9. The second-order valence-corrected chi connectivity index (χ2v) is 10.9. The van der Waals surface area contributed by atoms with E-state index in [4.69, 9.17) is 0 Å². The van der Waals surface area contributed by atoms with Crippen LogP contribution in [0, 0.1) is 0 Å². The molecule has 0 spiro atoms. The van der Waals surface area contributed by atoms with Crippen molar-refractivity contribution in [3.63, 3.8) is 0 Å². The minimum atomic E-state index is 0.0165. The molecular weight excluding hydrogens is 468 g/mol. The van der Waals surface area contributed by atoms with Crippen LogP contribution >= 0.6 is 0 Å². The zero-order valence-corrected chi connectivity index (χ0v) is 22.9. The molecule has 0 unspecified atom stereocenters. The van der Waals surface area contributed by atoms with Crippen LogP contribution in [0.3, 0.4) is 0 Å². The molecule has 0 saturated heterocycles. The van der Waals surface area contributed by atoms with Gasteiger partial charge in [-0.2, -0.15) is 0 Å². The van der Waals surface area contributed by atoms with Crippen molar-refractivity contribution >= 4 is 43.6 Å². The van der Waals surface area contributed by atoms with E-state index in [9.17, 15) is 9.59 Å². The van der Waals surface area contributed by atoms with Gasteiger partial charge in [0.25, 0.3) is 0 Å². The Balaban J connectivity index is 1.49. The molecule has 0 saturated carbocycles. The van der Waals surface area contributed by atoms with Gasteiger partial charge in [-0.1, -0.05) is 77.3 Å². The van der Waals surface area contributed by atoms with Crippen LogP contribution in [0.5, 0.6) is 0 Å². The highest BCUT2D eigenvalue weighted by atomic mass is 16.1. The highest BCUT2D eigenvalue weighted by molar-refractivity contribution is 6.02. The summed E-state index contributed by atoms with van der Waals surface area (Å²) in [5, 5.41) is 2.66. The number of hydrogen-bond donors (Lipinski definition) is 2. The normalized spacial score (nSPS) is 11.8. The van der Waals surface area contributed by atoms with Crippen LogP contribution < -0.4 is 10.9 Å². The summed E-state index contributed by atoms with van der Waals surface area (Å²) in [5.41, 5.74) is 5.50. The quantitative estimate of drug-likeness (QED) is 0.131. The van der Waals surface area contributed by atoms with E-state index in [2.05, 4.69) is 35.9 Å². The van der Waals surface area contributed by atoms with Gasteiger partial charge in [0.05, 0.1) is 11.0 Å². The molecule has 0 atom stereocenters. The van der Waals surface area contributed by atoms with Crippen molar-refractivity contribution in [1.29, 1.82) is 0 Å². The van der Waals surface area contributed by atoms with Gasteiger partial charge in [0, 0.05) is 32.6 Å². The Morgan fingerprint density at radius 3 is 1.29 bits per heavy atom. The standard InChI is InChI=1S/C34H40N2O2/c1-3-5-7-9-11-13-23-15-17-29-25(19-23)33(37)27-21-32-28(22-31(27)35-29)34(38)26-20-24(16-18-30(26)36-32)14-12-10-8-6-4-2/h15-22H,3-14H2,1-2H3,(H,35,37)(H,36,38). The molecule has 0 radical (unpaired) electrons. The topological polar surface area (TPSA) is 65.7 Å². The van der Waals surface area contributed by atoms with Gasteiger partial charge in [-0.15, -0.1) is 0 Å². The summed E-state index contributed by atoms with van der Waals surface area (Å²) in [4.78, 5) is 34.0. The third-order valence-corrected chi connectivity index (χ3v) is 7.98. The van der Waals surface area contributed by atoms with Gasteiger partial charge in [0.1, 0.15) is 0 Å². The highest BCUT2D eigenvalue weighted by Crippen LogP contribution is 2.23. The maximum Gasteiger partial charge on any atom is 0.197 e. The third kappa shape index (κ3) is 5.55. The van der Waals surface area contributed by atoms with Crippen LogP contribution in [-0.2, 0) is 12.8 Å². The first-order chi connectivity index (χ1) is 18.6. The number of unbranched alkanes of at least 4 members (excludes halogenated alkanes) is 8. The summed E-state index contributed by atoms with van der Waals surface area (Å²) in [7, 11) is 0. The molecule has 0 aliphatic carbocycles. The maximum atomic E-state index is 13.5. The van der Waals surface area contributed by atoms with Crippen LogP contribution in [0.4, 0.5) is 0 Å². The molecule has 198 valence electrons. The lowest BCUT2D eigenvalue weighted by Crippen LogP contribution is -2.08. The predicted molar refractivity (Wildman–Crippen MR) is 163 cm³/mol. The summed E-state index contributed by atoms with van der Waals surface area (Å²) in [6.07, 6.45) is 14.4. The number of nitrogens with one attached hydrogen (secondary N) is 2. The lowest BCUT2D eigenvalue weighted by atomic mass is 10.0. The average molecular weight is 509 g/mol. The number of rotatable bonds is 12. The smallest absolute Gasteiger partial charge is 0.197 e. The van der Waals surface area contributed by atoms with Gasteiger partial charge in [-0.3, -0.25) is 9.59 Å². The molecule has 3 aromatic carbocycles. The Morgan fingerprint density at radius 1 is 0.474 bits per heavy atom. The monoisotopic (exact) mass is 508 g/mol. The largest absolute Gasteiger partial charge is 0.354 e. The Morgan fingerprint density at radius 2 is 0.868 bits per heavy atom. The molecule has 38 heavy (non-hydrogen) atoms. The minimum Gasteiger partial charge on any atom is -0.354 e. The van der Waals surface area contributed by atoms with Crippen LogP contribution in [0.15, 0.2) is 58.1 Å². The summed E-state index contributed by atoms with van der Waals surface area (Å²) in [5.74, 6) is 0. The van der Waals surface area contributed by atoms with Crippen molar-refractivity contribution in [1.82, 2.24) is 9.97 Å². The molecule has 4 heteroatoms. The van der Waals surface area contributed by atoms with E-state index in [0.29, 0.717) is 21.8 Å². The van der Waals surface area contributed by atoms with Crippen molar-refractivity contribution < 1.29 is 0 Å². The van der Waals surface area contributed by atoms with Crippen molar-refractivity contribution in [3.05, 3.63) is 80.1 Å². The molecular formula is C34H40N2O2. The van der Waals surface area contributed by atoms with E-state index in [0.717, 1.165) is 47.5 Å². The molecule has 2 N–H and O–H groups in total. The van der Waals surface area contributed by atoms with Gasteiger partial charge in [-0.25, -0.2) is 0 Å². The molecule has 0 aliphatic rings. The lowest BCUT2D eigenvalue weighted by Gasteiger charge is -2.09. The molecule has 0 aliphatic heterocycles. The molecule has 2 aromatic heterocycles. The number of H-pyrrole nitrogens is 2. The molecule has 2 heterocycles. The molecule has 0 bridgehead atoms. The fraction of sp³-hybridized carbons (Fsp3) is 0.412.